The van der Waals surface area contributed by atoms with Crippen LogP contribution in [0.2, 0.25) is 0 Å². The van der Waals surface area contributed by atoms with Gasteiger partial charge in [-0.2, -0.15) is 13.2 Å². The van der Waals surface area contributed by atoms with Gasteiger partial charge in [-0.1, -0.05) is 38.1 Å². The molecule has 37 heavy (non-hydrogen) atoms. The van der Waals surface area contributed by atoms with Gasteiger partial charge in [0.05, 0.1) is 16.9 Å². The Bertz CT molecular complexity index is 1150. The highest BCUT2D eigenvalue weighted by atomic mass is 19.4. The zero-order valence-corrected chi connectivity index (χ0v) is 22.7. The smallest absolute Gasteiger partial charge is 0.416 e. The van der Waals surface area contributed by atoms with Crippen molar-refractivity contribution >= 4 is 23.8 Å². The lowest BCUT2D eigenvalue weighted by Crippen LogP contribution is -2.39. The van der Waals surface area contributed by atoms with E-state index in [2.05, 4.69) is 23.7 Å². The number of carboxylic acids is 1. The summed E-state index contributed by atoms with van der Waals surface area (Å²) in [7, 11) is 0. The highest BCUT2D eigenvalue weighted by molar-refractivity contribution is 5.85. The predicted molar refractivity (Wildman–Crippen MR) is 141 cm³/mol. The average molecular weight is 519 g/mol. The van der Waals surface area contributed by atoms with Crippen molar-refractivity contribution in [1.29, 1.82) is 0 Å². The standard InChI is InChI=1S/C29H37F3N2O3/c1-18-22(13-10-20-8-11-21(12-9-20)29(30,31)32)24(34-16-14-28(6,7)15-17-34)23(19(2)33-18)25(26(35)36)37-27(3,4)5/h8-13,25H,14-17H2,1-7H3,(H,35,36)/b13-10+/t25-/m0/s1. The zero-order valence-electron chi connectivity index (χ0n) is 22.7. The number of halogens is 3. The third-order valence-electron chi connectivity index (χ3n) is 6.70. The van der Waals surface area contributed by atoms with Crippen LogP contribution < -0.4 is 4.90 Å². The Morgan fingerprint density at radius 1 is 1.05 bits per heavy atom. The van der Waals surface area contributed by atoms with E-state index in [4.69, 9.17) is 4.74 Å². The molecule has 3 rings (SSSR count). The highest BCUT2D eigenvalue weighted by Crippen LogP contribution is 2.41. The first-order valence-electron chi connectivity index (χ1n) is 12.5. The summed E-state index contributed by atoms with van der Waals surface area (Å²) in [6.07, 6.45) is -0.196. The van der Waals surface area contributed by atoms with Gasteiger partial charge in [-0.15, -0.1) is 0 Å². The minimum absolute atomic E-state index is 0.179. The summed E-state index contributed by atoms with van der Waals surface area (Å²) in [5.74, 6) is -1.10. The molecule has 1 aromatic heterocycles. The third kappa shape index (κ3) is 7.12. The first kappa shape index (κ1) is 28.7. The summed E-state index contributed by atoms with van der Waals surface area (Å²) >= 11 is 0. The first-order valence-corrected chi connectivity index (χ1v) is 12.5. The molecule has 1 aromatic carbocycles. The molecule has 2 aromatic rings. The summed E-state index contributed by atoms with van der Waals surface area (Å²) in [6.45, 7) is 15.0. The number of carboxylic acid groups (broad SMARTS) is 1. The van der Waals surface area contributed by atoms with E-state index in [9.17, 15) is 23.1 Å². The van der Waals surface area contributed by atoms with Gasteiger partial charge in [-0.05, 0) is 70.6 Å². The summed E-state index contributed by atoms with van der Waals surface area (Å²) in [4.78, 5) is 19.4. The van der Waals surface area contributed by atoms with Gasteiger partial charge >= 0.3 is 12.1 Å². The molecule has 0 saturated carbocycles. The van der Waals surface area contributed by atoms with Crippen molar-refractivity contribution in [2.24, 2.45) is 5.41 Å². The molecule has 0 aliphatic carbocycles. The summed E-state index contributed by atoms with van der Waals surface area (Å²) < 4.78 is 45.0. The number of benzene rings is 1. The molecule has 0 spiro atoms. The van der Waals surface area contributed by atoms with Crippen LogP contribution >= 0.6 is 0 Å². The Balaban J connectivity index is 2.17. The van der Waals surface area contributed by atoms with Crippen molar-refractivity contribution < 1.29 is 27.8 Å². The Morgan fingerprint density at radius 2 is 1.62 bits per heavy atom. The van der Waals surface area contributed by atoms with Crippen LogP contribution in [0.3, 0.4) is 0 Å². The molecule has 2 heterocycles. The van der Waals surface area contributed by atoms with E-state index in [1.54, 1.807) is 13.0 Å². The predicted octanol–water partition coefficient (Wildman–Crippen LogP) is 7.45. The second-order valence-corrected chi connectivity index (χ2v) is 11.5. The molecule has 1 fully saturated rings. The lowest BCUT2D eigenvalue weighted by atomic mass is 9.82. The van der Waals surface area contributed by atoms with Crippen LogP contribution in [0.1, 0.15) is 87.2 Å². The number of aliphatic carboxylic acids is 1. The fraction of sp³-hybridized carbons (Fsp3) is 0.517. The van der Waals surface area contributed by atoms with E-state index in [-0.39, 0.29) is 5.41 Å². The number of aryl methyl sites for hydroxylation is 2. The largest absolute Gasteiger partial charge is 0.479 e. The van der Waals surface area contributed by atoms with Crippen LogP contribution in [0.5, 0.6) is 0 Å². The topological polar surface area (TPSA) is 62.7 Å². The van der Waals surface area contributed by atoms with Crippen molar-refractivity contribution in [3.05, 3.63) is 57.9 Å². The van der Waals surface area contributed by atoms with Gasteiger partial charge in [0, 0.05) is 35.6 Å². The summed E-state index contributed by atoms with van der Waals surface area (Å²) in [5.41, 5.74) is 2.67. The second-order valence-electron chi connectivity index (χ2n) is 11.5. The van der Waals surface area contributed by atoms with Crippen molar-refractivity contribution in [2.45, 2.75) is 79.2 Å². The number of hydrogen-bond donors (Lipinski definition) is 1. The van der Waals surface area contributed by atoms with E-state index in [1.807, 2.05) is 33.8 Å². The van der Waals surface area contributed by atoms with Gasteiger partial charge in [0.1, 0.15) is 0 Å². The molecule has 1 saturated heterocycles. The number of anilines is 1. The molecule has 0 unspecified atom stereocenters. The SMILES string of the molecule is Cc1nc(C)c([C@H](OC(C)(C)C)C(=O)O)c(N2CCC(C)(C)CC2)c1/C=C/c1ccc(C(F)(F)F)cc1. The number of piperidine rings is 1. The van der Waals surface area contributed by atoms with Gasteiger partial charge in [-0.25, -0.2) is 4.79 Å². The van der Waals surface area contributed by atoms with E-state index >= 15 is 0 Å². The van der Waals surface area contributed by atoms with Gasteiger partial charge in [0.2, 0.25) is 0 Å². The van der Waals surface area contributed by atoms with Crippen molar-refractivity contribution in [3.63, 3.8) is 0 Å². The van der Waals surface area contributed by atoms with Gasteiger partial charge < -0.3 is 14.7 Å². The van der Waals surface area contributed by atoms with Crippen LogP contribution in [0.15, 0.2) is 24.3 Å². The number of rotatable bonds is 6. The minimum Gasteiger partial charge on any atom is -0.479 e. The summed E-state index contributed by atoms with van der Waals surface area (Å²) in [5, 5.41) is 10.2. The van der Waals surface area contributed by atoms with Gasteiger partial charge in [-0.3, -0.25) is 4.98 Å². The molecule has 1 aliphatic heterocycles. The molecule has 1 N–H and O–H groups in total. The van der Waals surface area contributed by atoms with Crippen molar-refractivity contribution in [1.82, 2.24) is 4.98 Å². The molecule has 8 heteroatoms. The molecular formula is C29H37F3N2O3. The molecule has 0 bridgehead atoms. The minimum atomic E-state index is -4.40. The van der Waals surface area contributed by atoms with Gasteiger partial charge in [0.15, 0.2) is 6.10 Å². The number of aromatic nitrogens is 1. The molecule has 1 atom stereocenters. The Labute approximate surface area is 217 Å². The van der Waals surface area contributed by atoms with Crippen molar-refractivity contribution in [3.8, 4) is 0 Å². The van der Waals surface area contributed by atoms with E-state index in [1.165, 1.54) is 12.1 Å². The maximum Gasteiger partial charge on any atom is 0.416 e. The van der Waals surface area contributed by atoms with Gasteiger partial charge in [0.25, 0.3) is 0 Å². The number of nitrogens with zero attached hydrogens (tertiary/aromatic N) is 2. The monoisotopic (exact) mass is 518 g/mol. The molecular weight excluding hydrogens is 481 g/mol. The van der Waals surface area contributed by atoms with Crippen LogP contribution in [0.25, 0.3) is 12.2 Å². The number of alkyl halides is 3. The number of pyridine rings is 1. The number of ether oxygens (including phenoxy) is 1. The Hall–Kier alpha value is -2.87. The van der Waals surface area contributed by atoms with E-state index in [0.717, 1.165) is 49.3 Å². The zero-order chi connectivity index (χ0) is 27.8. The molecule has 5 nitrogen and oxygen atoms in total. The Kier molecular flexibility index (Phi) is 8.13. The molecule has 202 valence electrons. The second kappa shape index (κ2) is 10.5. The molecule has 1 aliphatic rings. The van der Waals surface area contributed by atoms with E-state index in [0.29, 0.717) is 22.5 Å². The maximum atomic E-state index is 13.0. The fourth-order valence-corrected chi connectivity index (χ4v) is 4.60. The lowest BCUT2D eigenvalue weighted by molar-refractivity contribution is -0.160. The number of carbonyl (C=O) groups is 1. The van der Waals surface area contributed by atoms with Crippen LogP contribution in [0.4, 0.5) is 18.9 Å². The normalized spacial score (nSPS) is 17.3. The lowest BCUT2D eigenvalue weighted by Gasteiger charge is -2.41. The van der Waals surface area contributed by atoms with E-state index < -0.39 is 29.4 Å². The maximum absolute atomic E-state index is 13.0. The molecule has 0 radical (unpaired) electrons. The fourth-order valence-electron chi connectivity index (χ4n) is 4.60. The highest BCUT2D eigenvalue weighted by Gasteiger charge is 2.36. The molecule has 0 amide bonds. The van der Waals surface area contributed by atoms with Crippen LogP contribution in [-0.4, -0.2) is 34.8 Å². The van der Waals surface area contributed by atoms with Crippen LogP contribution in [-0.2, 0) is 15.7 Å². The summed E-state index contributed by atoms with van der Waals surface area (Å²) in [6, 6.07) is 4.94. The van der Waals surface area contributed by atoms with Crippen molar-refractivity contribution in [2.75, 3.05) is 18.0 Å². The third-order valence-corrected chi connectivity index (χ3v) is 6.70. The quantitative estimate of drug-likeness (QED) is 0.430. The first-order chi connectivity index (χ1) is 17.0. The number of hydrogen-bond acceptors (Lipinski definition) is 4. The average Bonchev–Trinajstić information content (AvgIpc) is 2.76. The Morgan fingerprint density at radius 3 is 2.11 bits per heavy atom. The van der Waals surface area contributed by atoms with Crippen LogP contribution in [0, 0.1) is 19.3 Å².